The van der Waals surface area contributed by atoms with E-state index in [1.54, 1.807) is 0 Å². The molecule has 1 saturated heterocycles. The maximum Gasteiger partial charge on any atom is 0.317 e. The fourth-order valence-corrected chi connectivity index (χ4v) is 4.93. The molecular weight excluding hydrogens is 448 g/mol. The fourth-order valence-electron chi connectivity index (χ4n) is 4.93. The third-order valence-electron chi connectivity index (χ3n) is 6.95. The van der Waals surface area contributed by atoms with Gasteiger partial charge in [0.2, 0.25) is 0 Å². The van der Waals surface area contributed by atoms with Crippen LogP contribution in [0.3, 0.4) is 0 Å². The standard InChI is InChI=1S/C30H34N4O2/c35-30(31-19-9-12-24-10-3-1-4-11-24)33-20-17-25(18-21-33)22-34-28-16-8-7-15-27(28)32-29(34)23-36-26-13-5-2-6-14-26/h1-8,10-11,13-16,25H,9,12,17-23H2,(H,31,35). The van der Waals surface area contributed by atoms with Crippen LogP contribution in [-0.2, 0) is 19.6 Å². The number of carbonyl (C=O) groups excluding carboxylic acids is 1. The highest BCUT2D eigenvalue weighted by Crippen LogP contribution is 2.24. The molecule has 4 aromatic rings. The number of fused-ring (bicyclic) bond motifs is 1. The first-order valence-electron chi connectivity index (χ1n) is 12.9. The summed E-state index contributed by atoms with van der Waals surface area (Å²) in [5.74, 6) is 2.29. The summed E-state index contributed by atoms with van der Waals surface area (Å²) < 4.78 is 8.34. The van der Waals surface area contributed by atoms with Gasteiger partial charge in [-0.1, -0.05) is 60.7 Å². The second kappa shape index (κ2) is 11.8. The summed E-state index contributed by atoms with van der Waals surface area (Å²) in [5.41, 5.74) is 3.45. The van der Waals surface area contributed by atoms with Gasteiger partial charge < -0.3 is 19.5 Å². The number of para-hydroxylation sites is 3. The van der Waals surface area contributed by atoms with E-state index in [4.69, 9.17) is 9.72 Å². The van der Waals surface area contributed by atoms with Crippen molar-refractivity contribution in [2.45, 2.75) is 38.8 Å². The molecule has 6 nitrogen and oxygen atoms in total. The average Bonchev–Trinajstić information content (AvgIpc) is 3.28. The number of nitrogens with zero attached hydrogens (tertiary/aromatic N) is 3. The average molecular weight is 483 g/mol. The lowest BCUT2D eigenvalue weighted by Crippen LogP contribution is -2.45. The van der Waals surface area contributed by atoms with Crippen LogP contribution in [-0.4, -0.2) is 40.1 Å². The zero-order valence-corrected chi connectivity index (χ0v) is 20.7. The van der Waals surface area contributed by atoms with Gasteiger partial charge in [-0.25, -0.2) is 9.78 Å². The highest BCUT2D eigenvalue weighted by atomic mass is 16.5. The zero-order chi connectivity index (χ0) is 24.6. The van der Waals surface area contributed by atoms with Crippen molar-refractivity contribution in [1.82, 2.24) is 19.8 Å². The topological polar surface area (TPSA) is 59.4 Å². The number of hydrogen-bond donors (Lipinski definition) is 1. The van der Waals surface area contributed by atoms with E-state index >= 15 is 0 Å². The van der Waals surface area contributed by atoms with Crippen LogP contribution in [0.1, 0.15) is 30.7 Å². The van der Waals surface area contributed by atoms with Crippen LogP contribution in [0.2, 0.25) is 0 Å². The van der Waals surface area contributed by atoms with Crippen LogP contribution in [0.5, 0.6) is 5.75 Å². The van der Waals surface area contributed by atoms with Crippen molar-refractivity contribution in [3.8, 4) is 5.75 Å². The molecule has 0 atom stereocenters. The van der Waals surface area contributed by atoms with E-state index in [-0.39, 0.29) is 6.03 Å². The molecule has 0 bridgehead atoms. The Bertz CT molecular complexity index is 1250. The predicted molar refractivity (Wildman–Crippen MR) is 143 cm³/mol. The molecular formula is C30H34N4O2. The van der Waals surface area contributed by atoms with Crippen molar-refractivity contribution in [2.75, 3.05) is 19.6 Å². The zero-order valence-electron chi connectivity index (χ0n) is 20.7. The van der Waals surface area contributed by atoms with Gasteiger partial charge in [-0.3, -0.25) is 0 Å². The molecule has 36 heavy (non-hydrogen) atoms. The lowest BCUT2D eigenvalue weighted by Gasteiger charge is -2.32. The Hall–Kier alpha value is -3.80. The van der Waals surface area contributed by atoms with Crippen molar-refractivity contribution in [3.05, 3.63) is 96.3 Å². The molecule has 0 radical (unpaired) electrons. The summed E-state index contributed by atoms with van der Waals surface area (Å²) in [6, 6.07) is 28.6. The van der Waals surface area contributed by atoms with Crippen LogP contribution in [0.25, 0.3) is 11.0 Å². The van der Waals surface area contributed by atoms with Gasteiger partial charge in [0.15, 0.2) is 0 Å². The molecule has 1 aromatic heterocycles. The van der Waals surface area contributed by atoms with Gasteiger partial charge in [0.05, 0.1) is 11.0 Å². The Kier molecular flexibility index (Phi) is 7.81. The number of hydrogen-bond acceptors (Lipinski definition) is 3. The van der Waals surface area contributed by atoms with Gasteiger partial charge in [-0.05, 0) is 61.4 Å². The van der Waals surface area contributed by atoms with Crippen LogP contribution >= 0.6 is 0 Å². The van der Waals surface area contributed by atoms with E-state index < -0.39 is 0 Å². The number of amides is 2. The number of aryl methyl sites for hydroxylation is 1. The molecule has 2 heterocycles. The highest BCUT2D eigenvalue weighted by Gasteiger charge is 2.24. The first kappa shape index (κ1) is 23.9. The van der Waals surface area contributed by atoms with Gasteiger partial charge in [0.1, 0.15) is 18.2 Å². The third kappa shape index (κ3) is 6.06. The Morgan fingerprint density at radius 3 is 2.39 bits per heavy atom. The van der Waals surface area contributed by atoms with Crippen molar-refractivity contribution < 1.29 is 9.53 Å². The highest BCUT2D eigenvalue weighted by molar-refractivity contribution is 5.76. The number of nitrogens with one attached hydrogen (secondary N) is 1. The fraction of sp³-hybridized carbons (Fsp3) is 0.333. The number of rotatable bonds is 9. The lowest BCUT2D eigenvalue weighted by molar-refractivity contribution is 0.165. The van der Waals surface area contributed by atoms with E-state index in [1.165, 1.54) is 5.56 Å². The normalized spacial score (nSPS) is 14.2. The molecule has 1 aliphatic heterocycles. The number of urea groups is 1. The van der Waals surface area contributed by atoms with E-state index in [0.29, 0.717) is 19.1 Å². The van der Waals surface area contributed by atoms with Gasteiger partial charge >= 0.3 is 6.03 Å². The van der Waals surface area contributed by atoms with Crippen molar-refractivity contribution >= 4 is 17.1 Å². The number of benzene rings is 3. The number of likely N-dealkylation sites (tertiary alicyclic amines) is 1. The van der Waals surface area contributed by atoms with Crippen LogP contribution < -0.4 is 10.1 Å². The van der Waals surface area contributed by atoms with Gasteiger partial charge in [0, 0.05) is 26.2 Å². The summed E-state index contributed by atoms with van der Waals surface area (Å²) in [6.45, 7) is 3.61. The Labute approximate surface area is 212 Å². The first-order valence-corrected chi connectivity index (χ1v) is 12.9. The molecule has 0 saturated carbocycles. The third-order valence-corrected chi connectivity index (χ3v) is 6.95. The summed E-state index contributed by atoms with van der Waals surface area (Å²) in [4.78, 5) is 19.5. The molecule has 1 N–H and O–H groups in total. The quantitative estimate of drug-likeness (QED) is 0.313. The largest absolute Gasteiger partial charge is 0.486 e. The molecule has 0 aliphatic carbocycles. The molecule has 2 amide bonds. The molecule has 0 spiro atoms. The van der Waals surface area contributed by atoms with Crippen LogP contribution in [0, 0.1) is 5.92 Å². The van der Waals surface area contributed by atoms with Crippen molar-refractivity contribution in [1.29, 1.82) is 0 Å². The number of piperidine rings is 1. The second-order valence-electron chi connectivity index (χ2n) is 9.48. The Balaban J connectivity index is 1.13. The summed E-state index contributed by atoms with van der Waals surface area (Å²) in [7, 11) is 0. The molecule has 186 valence electrons. The predicted octanol–water partition coefficient (Wildman–Crippen LogP) is 5.67. The van der Waals surface area contributed by atoms with Crippen molar-refractivity contribution in [2.24, 2.45) is 5.92 Å². The SMILES string of the molecule is O=C(NCCCc1ccccc1)N1CCC(Cn2c(COc3ccccc3)nc3ccccc32)CC1. The monoisotopic (exact) mass is 482 g/mol. The maximum atomic E-state index is 12.7. The van der Waals surface area contributed by atoms with E-state index in [9.17, 15) is 4.79 Å². The molecule has 0 unspecified atom stereocenters. The minimum absolute atomic E-state index is 0.0616. The van der Waals surface area contributed by atoms with Gasteiger partial charge in [0.25, 0.3) is 0 Å². The first-order chi connectivity index (χ1) is 17.8. The molecule has 1 fully saturated rings. The minimum Gasteiger partial charge on any atom is -0.486 e. The number of carbonyl (C=O) groups is 1. The molecule has 5 rings (SSSR count). The number of imidazole rings is 1. The van der Waals surface area contributed by atoms with Crippen LogP contribution in [0.4, 0.5) is 4.79 Å². The lowest BCUT2D eigenvalue weighted by atomic mass is 9.96. The Morgan fingerprint density at radius 2 is 1.61 bits per heavy atom. The molecule has 6 heteroatoms. The number of aromatic nitrogens is 2. The second-order valence-corrected chi connectivity index (χ2v) is 9.48. The molecule has 1 aliphatic rings. The molecule has 3 aromatic carbocycles. The smallest absolute Gasteiger partial charge is 0.317 e. The van der Waals surface area contributed by atoms with Gasteiger partial charge in [-0.2, -0.15) is 0 Å². The van der Waals surface area contributed by atoms with E-state index in [2.05, 4.69) is 52.3 Å². The minimum atomic E-state index is 0.0616. The van der Waals surface area contributed by atoms with E-state index in [0.717, 1.165) is 67.9 Å². The summed E-state index contributed by atoms with van der Waals surface area (Å²) in [6.07, 6.45) is 3.91. The van der Waals surface area contributed by atoms with Crippen LogP contribution in [0.15, 0.2) is 84.9 Å². The maximum absolute atomic E-state index is 12.7. The van der Waals surface area contributed by atoms with Gasteiger partial charge in [-0.15, -0.1) is 0 Å². The number of ether oxygens (including phenoxy) is 1. The summed E-state index contributed by atoms with van der Waals surface area (Å²) >= 11 is 0. The van der Waals surface area contributed by atoms with Crippen molar-refractivity contribution in [3.63, 3.8) is 0 Å². The summed E-state index contributed by atoms with van der Waals surface area (Å²) in [5, 5.41) is 3.10. The van der Waals surface area contributed by atoms with E-state index in [1.807, 2.05) is 47.4 Å². The Morgan fingerprint density at radius 1 is 0.917 bits per heavy atom.